The Morgan fingerprint density at radius 3 is 2.92 bits per heavy atom. The number of rotatable bonds is 3. The zero-order valence-electron chi connectivity index (χ0n) is 7.61. The number of nitrogens with zero attached hydrogens (tertiary/aromatic N) is 1. The summed E-state index contributed by atoms with van der Waals surface area (Å²) in [5.41, 5.74) is 5.46. The minimum absolute atomic E-state index is 0.236. The molecule has 0 bridgehead atoms. The van der Waals surface area contributed by atoms with E-state index in [1.165, 1.54) is 18.4 Å². The molecule has 1 rings (SSSR count). The van der Waals surface area contributed by atoms with Crippen LogP contribution in [0.4, 0.5) is 0 Å². The second kappa shape index (κ2) is 4.34. The molecule has 0 fully saturated rings. The summed E-state index contributed by atoms with van der Waals surface area (Å²) >= 11 is 1.47. The average Bonchev–Trinajstić information content (AvgIpc) is 2.53. The lowest BCUT2D eigenvalue weighted by Crippen LogP contribution is -2.22. The van der Waals surface area contributed by atoms with Crippen molar-refractivity contribution < 1.29 is 9.53 Å². The number of aromatic nitrogens is 1. The summed E-state index contributed by atoms with van der Waals surface area (Å²) in [4.78, 5) is 16.4. The fourth-order valence-corrected chi connectivity index (χ4v) is 1.85. The highest BCUT2D eigenvalue weighted by atomic mass is 32.1. The Morgan fingerprint density at radius 2 is 2.54 bits per heavy atom. The number of hydrogen-bond donors (Lipinski definition) is 1. The van der Waals surface area contributed by atoms with Crippen LogP contribution in [0.1, 0.15) is 15.8 Å². The molecule has 0 amide bonds. The first-order chi connectivity index (χ1) is 6.19. The second-order valence-corrected chi connectivity index (χ2v) is 3.89. The monoisotopic (exact) mass is 200 g/mol. The van der Waals surface area contributed by atoms with Gasteiger partial charge in [0.2, 0.25) is 0 Å². The van der Waals surface area contributed by atoms with E-state index in [2.05, 4.69) is 9.72 Å². The normalized spacial score (nSPS) is 12.5. The molecule has 0 aromatic carbocycles. The molecule has 5 heteroatoms. The summed E-state index contributed by atoms with van der Waals surface area (Å²) in [6.07, 6.45) is 1.73. The quantitative estimate of drug-likeness (QED) is 0.728. The Kier molecular flexibility index (Phi) is 3.39. The predicted molar refractivity (Wildman–Crippen MR) is 50.7 cm³/mol. The van der Waals surface area contributed by atoms with Gasteiger partial charge in [0, 0.05) is 17.6 Å². The Bertz CT molecular complexity index is 298. The molecule has 4 nitrogen and oxygen atoms in total. The van der Waals surface area contributed by atoms with E-state index in [0.29, 0.717) is 0 Å². The van der Waals surface area contributed by atoms with Crippen molar-refractivity contribution >= 4 is 17.3 Å². The Labute approximate surface area is 80.7 Å². The summed E-state index contributed by atoms with van der Waals surface area (Å²) < 4.78 is 4.61. The minimum Gasteiger partial charge on any atom is -0.468 e. The van der Waals surface area contributed by atoms with E-state index < -0.39 is 5.92 Å². The van der Waals surface area contributed by atoms with Crippen LogP contribution in [0, 0.1) is 6.92 Å². The van der Waals surface area contributed by atoms with Gasteiger partial charge in [-0.15, -0.1) is 11.3 Å². The number of aryl methyl sites for hydroxylation is 1. The third-order valence-electron chi connectivity index (χ3n) is 1.66. The van der Waals surface area contributed by atoms with Gasteiger partial charge in [0.15, 0.2) is 0 Å². The number of esters is 1. The van der Waals surface area contributed by atoms with Crippen LogP contribution >= 0.6 is 11.3 Å². The predicted octanol–water partition coefficient (Wildman–Crippen LogP) is 0.667. The van der Waals surface area contributed by atoms with Crippen LogP contribution in [0.5, 0.6) is 0 Å². The Morgan fingerprint density at radius 1 is 1.85 bits per heavy atom. The number of hydrogen-bond acceptors (Lipinski definition) is 5. The molecule has 1 aromatic heterocycles. The van der Waals surface area contributed by atoms with Gasteiger partial charge in [-0.1, -0.05) is 0 Å². The number of ether oxygens (including phenoxy) is 1. The zero-order chi connectivity index (χ0) is 9.84. The molecule has 1 heterocycles. The van der Waals surface area contributed by atoms with Gasteiger partial charge in [-0.25, -0.2) is 4.98 Å². The smallest absolute Gasteiger partial charge is 0.316 e. The summed E-state index contributed by atoms with van der Waals surface area (Å²) in [7, 11) is 1.35. The van der Waals surface area contributed by atoms with Gasteiger partial charge in [0.05, 0.1) is 7.11 Å². The molecule has 72 valence electrons. The largest absolute Gasteiger partial charge is 0.468 e. The standard InChI is InChI=1S/C8H12N2O2S/c1-5-4-10-7(13-5)6(3-9)8(11)12-2/h4,6H,3,9H2,1-2H3. The maximum atomic E-state index is 11.2. The summed E-state index contributed by atoms with van der Waals surface area (Å²) in [6, 6.07) is 0. The Balaban J connectivity index is 2.84. The van der Waals surface area contributed by atoms with Crippen LogP contribution in [-0.2, 0) is 9.53 Å². The van der Waals surface area contributed by atoms with Crippen molar-refractivity contribution in [2.24, 2.45) is 5.73 Å². The third-order valence-corrected chi connectivity index (χ3v) is 2.69. The second-order valence-electron chi connectivity index (χ2n) is 2.62. The van der Waals surface area contributed by atoms with E-state index in [9.17, 15) is 4.79 Å². The van der Waals surface area contributed by atoms with Crippen LogP contribution in [0.25, 0.3) is 0 Å². The molecule has 0 aliphatic heterocycles. The first-order valence-corrected chi connectivity index (χ1v) is 4.71. The summed E-state index contributed by atoms with van der Waals surface area (Å²) in [5, 5.41) is 0.729. The van der Waals surface area contributed by atoms with E-state index >= 15 is 0 Å². The molecule has 0 radical (unpaired) electrons. The molecule has 2 N–H and O–H groups in total. The van der Waals surface area contributed by atoms with Gasteiger partial charge in [0.25, 0.3) is 0 Å². The van der Waals surface area contributed by atoms with Gasteiger partial charge in [-0.3, -0.25) is 4.79 Å². The zero-order valence-corrected chi connectivity index (χ0v) is 8.43. The summed E-state index contributed by atoms with van der Waals surface area (Å²) in [6.45, 7) is 2.17. The SMILES string of the molecule is COC(=O)C(CN)c1ncc(C)s1. The Hall–Kier alpha value is -0.940. The van der Waals surface area contributed by atoms with Crippen LogP contribution in [0.15, 0.2) is 6.20 Å². The van der Waals surface area contributed by atoms with E-state index in [4.69, 9.17) is 5.73 Å². The van der Waals surface area contributed by atoms with Crippen molar-refractivity contribution in [1.82, 2.24) is 4.98 Å². The van der Waals surface area contributed by atoms with E-state index in [-0.39, 0.29) is 12.5 Å². The first-order valence-electron chi connectivity index (χ1n) is 3.89. The lowest BCUT2D eigenvalue weighted by atomic mass is 10.1. The van der Waals surface area contributed by atoms with E-state index in [0.717, 1.165) is 9.88 Å². The van der Waals surface area contributed by atoms with Crippen molar-refractivity contribution in [3.05, 3.63) is 16.1 Å². The molecule has 0 saturated heterocycles. The number of thiazole rings is 1. The maximum absolute atomic E-state index is 11.2. The van der Waals surface area contributed by atoms with Crippen molar-refractivity contribution in [3.63, 3.8) is 0 Å². The molecule has 1 unspecified atom stereocenters. The highest BCUT2D eigenvalue weighted by Crippen LogP contribution is 2.21. The van der Waals surface area contributed by atoms with Crippen molar-refractivity contribution in [1.29, 1.82) is 0 Å². The molecule has 0 aliphatic rings. The van der Waals surface area contributed by atoms with Crippen molar-refractivity contribution in [2.45, 2.75) is 12.8 Å². The topological polar surface area (TPSA) is 65.2 Å². The molecule has 0 saturated carbocycles. The number of carbonyl (C=O) groups is 1. The van der Waals surface area contributed by atoms with Gasteiger partial charge in [-0.05, 0) is 6.92 Å². The van der Waals surface area contributed by atoms with Crippen LogP contribution in [0.2, 0.25) is 0 Å². The van der Waals surface area contributed by atoms with Gasteiger partial charge >= 0.3 is 5.97 Å². The van der Waals surface area contributed by atoms with Gasteiger partial charge in [-0.2, -0.15) is 0 Å². The fourth-order valence-electron chi connectivity index (χ4n) is 0.973. The molecule has 1 aromatic rings. The molecule has 0 aliphatic carbocycles. The highest BCUT2D eigenvalue weighted by Gasteiger charge is 2.22. The first kappa shape index (κ1) is 10.1. The van der Waals surface area contributed by atoms with Crippen LogP contribution in [0.3, 0.4) is 0 Å². The maximum Gasteiger partial charge on any atom is 0.316 e. The third kappa shape index (κ3) is 2.26. The molecular weight excluding hydrogens is 188 g/mol. The fraction of sp³-hybridized carbons (Fsp3) is 0.500. The number of carbonyl (C=O) groups excluding carboxylic acids is 1. The lowest BCUT2D eigenvalue weighted by Gasteiger charge is -2.07. The summed E-state index contributed by atoms with van der Waals surface area (Å²) in [5.74, 6) is -0.736. The molecular formula is C8H12N2O2S. The average molecular weight is 200 g/mol. The highest BCUT2D eigenvalue weighted by molar-refractivity contribution is 7.11. The van der Waals surface area contributed by atoms with E-state index in [1.807, 2.05) is 6.92 Å². The number of methoxy groups -OCH3 is 1. The van der Waals surface area contributed by atoms with Crippen molar-refractivity contribution in [2.75, 3.05) is 13.7 Å². The molecule has 13 heavy (non-hydrogen) atoms. The van der Waals surface area contributed by atoms with Crippen molar-refractivity contribution in [3.8, 4) is 0 Å². The van der Waals surface area contributed by atoms with Crippen LogP contribution < -0.4 is 5.73 Å². The van der Waals surface area contributed by atoms with Gasteiger partial charge in [0.1, 0.15) is 10.9 Å². The molecule has 0 spiro atoms. The number of nitrogens with two attached hydrogens (primary N) is 1. The van der Waals surface area contributed by atoms with Crippen LogP contribution in [-0.4, -0.2) is 24.6 Å². The minimum atomic E-state index is -0.413. The molecule has 1 atom stereocenters. The lowest BCUT2D eigenvalue weighted by molar-refractivity contribution is -0.142. The van der Waals surface area contributed by atoms with Gasteiger partial charge < -0.3 is 10.5 Å². The van der Waals surface area contributed by atoms with E-state index in [1.54, 1.807) is 6.20 Å².